The van der Waals surface area contributed by atoms with E-state index in [1.54, 1.807) is 0 Å². The molecule has 0 radical (unpaired) electrons. The van der Waals surface area contributed by atoms with E-state index in [1.165, 1.54) is 27.1 Å². The summed E-state index contributed by atoms with van der Waals surface area (Å²) in [4.78, 5) is 0. The maximum Gasteiger partial charge on any atom is 0.0736 e. The highest BCUT2D eigenvalue weighted by Gasteiger charge is 2.13. The van der Waals surface area contributed by atoms with Gasteiger partial charge in [-0.05, 0) is 53.9 Å². The van der Waals surface area contributed by atoms with Gasteiger partial charge in [-0.2, -0.15) is 0 Å². The summed E-state index contributed by atoms with van der Waals surface area (Å²) in [6.45, 7) is 6.94. The predicted molar refractivity (Wildman–Crippen MR) is 86.0 cm³/mol. The standard InChI is InChI=1S/C19H20O/c1-19(2,3)20-13-18-16-10-6-4-8-14(16)12-15-9-5-7-11-17(15)18/h4-12H,13H2,1-3H3. The van der Waals surface area contributed by atoms with Crippen LogP contribution < -0.4 is 0 Å². The van der Waals surface area contributed by atoms with Crippen molar-refractivity contribution in [2.75, 3.05) is 0 Å². The Labute approximate surface area is 120 Å². The van der Waals surface area contributed by atoms with Crippen LogP contribution in [-0.2, 0) is 11.3 Å². The highest BCUT2D eigenvalue weighted by molar-refractivity contribution is 6.02. The van der Waals surface area contributed by atoms with Crippen LogP contribution in [0.2, 0.25) is 0 Å². The van der Waals surface area contributed by atoms with Crippen LogP contribution in [0.15, 0.2) is 54.6 Å². The average Bonchev–Trinajstić information content (AvgIpc) is 2.42. The minimum absolute atomic E-state index is 0.127. The van der Waals surface area contributed by atoms with Gasteiger partial charge in [-0.3, -0.25) is 0 Å². The maximum absolute atomic E-state index is 6.03. The molecule has 0 saturated carbocycles. The van der Waals surface area contributed by atoms with Gasteiger partial charge in [-0.1, -0.05) is 48.5 Å². The normalized spacial score (nSPS) is 12.2. The van der Waals surface area contributed by atoms with E-state index in [4.69, 9.17) is 4.74 Å². The molecule has 0 spiro atoms. The Hall–Kier alpha value is -1.86. The van der Waals surface area contributed by atoms with E-state index in [2.05, 4.69) is 75.4 Å². The van der Waals surface area contributed by atoms with Gasteiger partial charge in [0.15, 0.2) is 0 Å². The van der Waals surface area contributed by atoms with Gasteiger partial charge in [0, 0.05) is 0 Å². The molecule has 0 N–H and O–H groups in total. The molecule has 0 atom stereocenters. The summed E-state index contributed by atoms with van der Waals surface area (Å²) >= 11 is 0. The summed E-state index contributed by atoms with van der Waals surface area (Å²) in [5, 5.41) is 5.13. The lowest BCUT2D eigenvalue weighted by Crippen LogP contribution is -2.18. The summed E-state index contributed by atoms with van der Waals surface area (Å²) in [7, 11) is 0. The molecule has 1 nitrogen and oxygen atoms in total. The SMILES string of the molecule is CC(C)(C)OCc1c2ccccc2cc2ccccc12. The van der Waals surface area contributed by atoms with Crippen LogP contribution in [0.25, 0.3) is 21.5 Å². The van der Waals surface area contributed by atoms with E-state index in [0.717, 1.165) is 0 Å². The van der Waals surface area contributed by atoms with Crippen molar-refractivity contribution in [1.82, 2.24) is 0 Å². The fourth-order valence-corrected chi connectivity index (χ4v) is 2.55. The van der Waals surface area contributed by atoms with Crippen molar-refractivity contribution in [3.05, 3.63) is 60.2 Å². The summed E-state index contributed by atoms with van der Waals surface area (Å²) in [5.41, 5.74) is 1.16. The molecule has 3 aromatic carbocycles. The zero-order valence-electron chi connectivity index (χ0n) is 12.3. The van der Waals surface area contributed by atoms with Gasteiger partial charge < -0.3 is 4.74 Å². The summed E-state index contributed by atoms with van der Waals surface area (Å²) in [5.74, 6) is 0. The monoisotopic (exact) mass is 264 g/mol. The Morgan fingerprint density at radius 1 is 0.800 bits per heavy atom. The molecule has 0 aliphatic rings. The molecule has 3 rings (SSSR count). The Kier molecular flexibility index (Phi) is 3.23. The van der Waals surface area contributed by atoms with E-state index in [1.807, 2.05) is 0 Å². The van der Waals surface area contributed by atoms with Crippen molar-refractivity contribution >= 4 is 21.5 Å². The topological polar surface area (TPSA) is 9.23 Å². The first-order valence-electron chi connectivity index (χ1n) is 7.08. The molecule has 20 heavy (non-hydrogen) atoms. The van der Waals surface area contributed by atoms with Gasteiger partial charge >= 0.3 is 0 Å². The van der Waals surface area contributed by atoms with E-state index < -0.39 is 0 Å². The third kappa shape index (κ3) is 2.54. The fourth-order valence-electron chi connectivity index (χ4n) is 2.55. The second-order valence-corrected chi connectivity index (χ2v) is 6.20. The maximum atomic E-state index is 6.03. The Morgan fingerprint density at radius 2 is 1.30 bits per heavy atom. The molecule has 0 bridgehead atoms. The molecule has 0 unspecified atom stereocenters. The number of rotatable bonds is 2. The summed E-state index contributed by atoms with van der Waals surface area (Å²) < 4.78 is 6.03. The van der Waals surface area contributed by atoms with Crippen molar-refractivity contribution in [3.63, 3.8) is 0 Å². The average molecular weight is 264 g/mol. The molecular weight excluding hydrogens is 244 g/mol. The molecule has 0 aromatic heterocycles. The zero-order chi connectivity index (χ0) is 14.2. The Morgan fingerprint density at radius 3 is 1.80 bits per heavy atom. The van der Waals surface area contributed by atoms with Gasteiger partial charge in [-0.25, -0.2) is 0 Å². The molecule has 0 aliphatic heterocycles. The van der Waals surface area contributed by atoms with Crippen LogP contribution in [0.4, 0.5) is 0 Å². The molecule has 0 fully saturated rings. The minimum atomic E-state index is -0.127. The van der Waals surface area contributed by atoms with Crippen molar-refractivity contribution in [1.29, 1.82) is 0 Å². The molecular formula is C19H20O. The van der Waals surface area contributed by atoms with Crippen LogP contribution >= 0.6 is 0 Å². The molecule has 1 heteroatoms. The number of hydrogen-bond acceptors (Lipinski definition) is 1. The van der Waals surface area contributed by atoms with Crippen LogP contribution in [0.3, 0.4) is 0 Å². The second-order valence-electron chi connectivity index (χ2n) is 6.20. The highest BCUT2D eigenvalue weighted by atomic mass is 16.5. The fraction of sp³-hybridized carbons (Fsp3) is 0.263. The number of hydrogen-bond donors (Lipinski definition) is 0. The molecule has 0 aliphatic carbocycles. The van der Waals surface area contributed by atoms with Gasteiger partial charge in [0.1, 0.15) is 0 Å². The van der Waals surface area contributed by atoms with E-state index in [9.17, 15) is 0 Å². The number of ether oxygens (including phenoxy) is 1. The van der Waals surface area contributed by atoms with E-state index in [0.29, 0.717) is 6.61 Å². The molecule has 0 amide bonds. The van der Waals surface area contributed by atoms with Gasteiger partial charge in [-0.15, -0.1) is 0 Å². The van der Waals surface area contributed by atoms with E-state index in [-0.39, 0.29) is 5.60 Å². The first-order chi connectivity index (χ1) is 9.54. The lowest BCUT2D eigenvalue weighted by Gasteiger charge is -2.21. The van der Waals surface area contributed by atoms with Crippen LogP contribution in [0.1, 0.15) is 26.3 Å². The smallest absolute Gasteiger partial charge is 0.0736 e. The van der Waals surface area contributed by atoms with Crippen molar-refractivity contribution in [2.45, 2.75) is 33.0 Å². The Bertz CT molecular complexity index is 696. The first kappa shape index (κ1) is 13.1. The Balaban J connectivity index is 2.22. The molecule has 3 aromatic rings. The lowest BCUT2D eigenvalue weighted by atomic mass is 9.97. The largest absolute Gasteiger partial charge is 0.371 e. The molecule has 102 valence electrons. The van der Waals surface area contributed by atoms with Crippen molar-refractivity contribution in [2.24, 2.45) is 0 Å². The highest BCUT2D eigenvalue weighted by Crippen LogP contribution is 2.29. The van der Waals surface area contributed by atoms with Crippen LogP contribution in [0, 0.1) is 0 Å². The van der Waals surface area contributed by atoms with Crippen LogP contribution in [0.5, 0.6) is 0 Å². The zero-order valence-corrected chi connectivity index (χ0v) is 12.3. The molecule has 0 heterocycles. The third-order valence-corrected chi connectivity index (χ3v) is 3.53. The van der Waals surface area contributed by atoms with E-state index >= 15 is 0 Å². The summed E-state index contributed by atoms with van der Waals surface area (Å²) in [6.07, 6.45) is 0. The minimum Gasteiger partial charge on any atom is -0.371 e. The molecule has 0 saturated heterocycles. The van der Waals surface area contributed by atoms with Gasteiger partial charge in [0.05, 0.1) is 12.2 Å². The third-order valence-electron chi connectivity index (χ3n) is 3.53. The van der Waals surface area contributed by atoms with Gasteiger partial charge in [0.25, 0.3) is 0 Å². The van der Waals surface area contributed by atoms with Crippen molar-refractivity contribution < 1.29 is 4.74 Å². The lowest BCUT2D eigenvalue weighted by molar-refractivity contribution is -0.0139. The summed E-state index contributed by atoms with van der Waals surface area (Å²) in [6, 6.07) is 19.3. The van der Waals surface area contributed by atoms with Crippen molar-refractivity contribution in [3.8, 4) is 0 Å². The number of fused-ring (bicyclic) bond motifs is 2. The predicted octanol–water partition coefficient (Wildman–Crippen LogP) is 5.31. The quantitative estimate of drug-likeness (QED) is 0.570. The van der Waals surface area contributed by atoms with Gasteiger partial charge in [0.2, 0.25) is 0 Å². The first-order valence-corrected chi connectivity index (χ1v) is 7.08. The van der Waals surface area contributed by atoms with Crippen LogP contribution in [-0.4, -0.2) is 5.60 Å². The second kappa shape index (κ2) is 4.92. The number of benzene rings is 3.